The van der Waals surface area contributed by atoms with Crippen LogP contribution in [-0.4, -0.2) is 61.5 Å². The van der Waals surface area contributed by atoms with Crippen LogP contribution in [0.25, 0.3) is 33.6 Å². The Morgan fingerprint density at radius 1 is 1.00 bits per heavy atom. The number of benzene rings is 1. The van der Waals surface area contributed by atoms with E-state index < -0.39 is 5.41 Å². The van der Waals surface area contributed by atoms with Crippen molar-refractivity contribution < 1.29 is 9.59 Å². The molecule has 1 unspecified atom stereocenters. The van der Waals surface area contributed by atoms with E-state index in [1.807, 2.05) is 37.8 Å². The Morgan fingerprint density at radius 2 is 1.84 bits per heavy atom. The molecule has 9 nitrogen and oxygen atoms in total. The van der Waals surface area contributed by atoms with Gasteiger partial charge in [-0.1, -0.05) is 33.1 Å². The molecule has 4 aromatic rings. The second-order valence-electron chi connectivity index (χ2n) is 13.9. The number of nitrogens with zero attached hydrogens (tertiary/aromatic N) is 5. The molecule has 2 atom stereocenters. The average Bonchev–Trinajstić information content (AvgIpc) is 3.73. The van der Waals surface area contributed by atoms with Crippen LogP contribution in [-0.2, 0) is 24.8 Å². The molecule has 7 rings (SSSR count). The summed E-state index contributed by atoms with van der Waals surface area (Å²) in [4.78, 5) is 39.0. The molecule has 0 spiro atoms. The molecule has 3 aromatic heterocycles. The highest BCUT2D eigenvalue weighted by Crippen LogP contribution is 2.34. The number of hydrogen-bond acceptors (Lipinski definition) is 5. The number of carbonyl (C=O) groups excluding carboxylic acids is 2. The fourth-order valence-electron chi connectivity index (χ4n) is 7.36. The van der Waals surface area contributed by atoms with E-state index in [2.05, 4.69) is 45.0 Å². The molecule has 9 heteroatoms. The van der Waals surface area contributed by atoms with E-state index in [4.69, 9.17) is 9.97 Å². The van der Waals surface area contributed by atoms with Gasteiger partial charge in [0.05, 0.1) is 28.5 Å². The number of aryl methyl sites for hydroxylation is 2. The maximum absolute atomic E-state index is 13.6. The topological polar surface area (TPSA) is 97.1 Å². The van der Waals surface area contributed by atoms with Crippen LogP contribution < -0.4 is 10.6 Å². The minimum absolute atomic E-state index is 0.0826. The molecule has 232 valence electrons. The molecular weight excluding hydrogens is 550 g/mol. The third-order valence-electron chi connectivity index (χ3n) is 10.2. The summed E-state index contributed by atoms with van der Waals surface area (Å²) in [6.45, 7) is 9.54. The average molecular weight is 596 g/mol. The summed E-state index contributed by atoms with van der Waals surface area (Å²) < 4.78 is 4.48. The maximum Gasteiger partial charge on any atom is 0.254 e. The van der Waals surface area contributed by atoms with Crippen LogP contribution in [0.3, 0.4) is 0 Å². The van der Waals surface area contributed by atoms with E-state index >= 15 is 0 Å². The Morgan fingerprint density at radius 3 is 2.66 bits per heavy atom. The Labute approximate surface area is 259 Å². The molecule has 2 bridgehead atoms. The number of pyridine rings is 1. The number of aromatic nitrogens is 4. The zero-order chi connectivity index (χ0) is 30.6. The van der Waals surface area contributed by atoms with Gasteiger partial charge in [0, 0.05) is 49.1 Å². The smallest absolute Gasteiger partial charge is 0.254 e. The molecule has 2 amide bonds. The lowest BCUT2D eigenvalue weighted by atomic mass is 9.85. The second kappa shape index (κ2) is 11.3. The van der Waals surface area contributed by atoms with Crippen molar-refractivity contribution in [3.8, 4) is 11.5 Å². The van der Waals surface area contributed by atoms with Crippen molar-refractivity contribution in [3.05, 3.63) is 47.2 Å². The van der Waals surface area contributed by atoms with E-state index in [1.165, 1.54) is 6.42 Å². The first-order valence-electron chi connectivity index (χ1n) is 16.5. The van der Waals surface area contributed by atoms with Crippen molar-refractivity contribution in [1.82, 2.24) is 34.6 Å². The van der Waals surface area contributed by atoms with Crippen molar-refractivity contribution in [2.24, 2.45) is 12.5 Å². The molecular formula is C35H45N7O2. The molecule has 1 fully saturated rings. The monoisotopic (exact) mass is 595 g/mol. The Hall–Kier alpha value is -3.72. The zero-order valence-corrected chi connectivity index (χ0v) is 26.6. The standard InChI is InChI=1S/C35H45N7O2/c1-22-27-12-11-24-19-30(42(31(24)38-27)16-8-6-5-7-14-35(2,3)34(44)37-22)32-39-28-20-26-23(18-29(28)40(32)4)13-17-41(33(26)43)21-25-10-9-15-36-25/h11-12,18-20,22,25,36H,5-10,13-17,21H2,1-4H3,(H,37,44)/t22-,25?/m1/s1. The highest BCUT2D eigenvalue weighted by Gasteiger charge is 2.31. The van der Waals surface area contributed by atoms with Crippen LogP contribution >= 0.6 is 0 Å². The van der Waals surface area contributed by atoms with Crippen LogP contribution in [0.5, 0.6) is 0 Å². The lowest BCUT2D eigenvalue weighted by Gasteiger charge is -2.30. The van der Waals surface area contributed by atoms with Gasteiger partial charge < -0.3 is 24.7 Å². The van der Waals surface area contributed by atoms with E-state index in [0.29, 0.717) is 6.04 Å². The summed E-state index contributed by atoms with van der Waals surface area (Å²) in [5, 5.41) is 7.82. The molecule has 3 aliphatic heterocycles. The fraction of sp³-hybridized carbons (Fsp3) is 0.543. The lowest BCUT2D eigenvalue weighted by Crippen LogP contribution is -2.44. The zero-order valence-electron chi connectivity index (χ0n) is 26.6. The van der Waals surface area contributed by atoms with Gasteiger partial charge in [0.15, 0.2) is 5.82 Å². The number of amides is 2. The van der Waals surface area contributed by atoms with Crippen molar-refractivity contribution >= 4 is 33.9 Å². The first-order chi connectivity index (χ1) is 21.2. The fourth-order valence-corrected chi connectivity index (χ4v) is 7.36. The van der Waals surface area contributed by atoms with Gasteiger partial charge in [-0.05, 0) is 81.5 Å². The first-order valence-corrected chi connectivity index (χ1v) is 16.5. The van der Waals surface area contributed by atoms with Crippen molar-refractivity contribution in [2.45, 2.75) is 90.8 Å². The van der Waals surface area contributed by atoms with Gasteiger partial charge in [-0.2, -0.15) is 0 Å². The van der Waals surface area contributed by atoms with Gasteiger partial charge in [0.1, 0.15) is 5.65 Å². The van der Waals surface area contributed by atoms with E-state index in [1.54, 1.807) is 0 Å². The molecule has 6 heterocycles. The summed E-state index contributed by atoms with van der Waals surface area (Å²) in [5.74, 6) is 1.09. The normalized spacial score (nSPS) is 22.9. The van der Waals surface area contributed by atoms with E-state index in [0.717, 1.165) is 122 Å². The Balaban J connectivity index is 1.26. The Kier molecular flexibility index (Phi) is 7.47. The number of hydrogen-bond donors (Lipinski definition) is 2. The van der Waals surface area contributed by atoms with Crippen molar-refractivity contribution in [2.75, 3.05) is 19.6 Å². The molecule has 0 radical (unpaired) electrons. The van der Waals surface area contributed by atoms with Crippen LogP contribution in [0.15, 0.2) is 30.3 Å². The summed E-state index contributed by atoms with van der Waals surface area (Å²) in [6, 6.07) is 10.7. The van der Waals surface area contributed by atoms with Gasteiger partial charge in [0.2, 0.25) is 5.91 Å². The second-order valence-corrected chi connectivity index (χ2v) is 13.9. The summed E-state index contributed by atoms with van der Waals surface area (Å²) in [5.41, 5.74) is 6.22. The number of carbonyl (C=O) groups is 2. The van der Waals surface area contributed by atoms with Gasteiger partial charge in [-0.25, -0.2) is 9.97 Å². The van der Waals surface area contributed by atoms with Crippen molar-refractivity contribution in [3.63, 3.8) is 0 Å². The third kappa shape index (κ3) is 5.19. The molecule has 1 saturated heterocycles. The van der Waals surface area contributed by atoms with Gasteiger partial charge in [0.25, 0.3) is 5.91 Å². The lowest BCUT2D eigenvalue weighted by molar-refractivity contribution is -0.130. The van der Waals surface area contributed by atoms with Crippen LogP contribution in [0, 0.1) is 5.41 Å². The largest absolute Gasteiger partial charge is 0.348 e. The Bertz CT molecular complexity index is 1740. The molecule has 3 aliphatic rings. The summed E-state index contributed by atoms with van der Waals surface area (Å²) >= 11 is 0. The highest BCUT2D eigenvalue weighted by molar-refractivity contribution is 6.00. The molecule has 44 heavy (non-hydrogen) atoms. The van der Waals surface area contributed by atoms with Crippen LogP contribution in [0.2, 0.25) is 0 Å². The van der Waals surface area contributed by atoms with E-state index in [9.17, 15) is 9.59 Å². The number of imidazole rings is 1. The number of nitrogens with one attached hydrogen (secondary N) is 2. The molecule has 1 aromatic carbocycles. The molecule has 0 aliphatic carbocycles. The van der Waals surface area contributed by atoms with Crippen molar-refractivity contribution in [1.29, 1.82) is 0 Å². The quantitative estimate of drug-likeness (QED) is 0.326. The highest BCUT2D eigenvalue weighted by atomic mass is 16.2. The number of fused-ring (bicyclic) bond motifs is 3. The van der Waals surface area contributed by atoms with Crippen LogP contribution in [0.4, 0.5) is 0 Å². The predicted octanol–water partition coefficient (Wildman–Crippen LogP) is 5.51. The van der Waals surface area contributed by atoms with Gasteiger partial charge in [-0.3, -0.25) is 9.59 Å². The number of rotatable bonds is 3. The maximum atomic E-state index is 13.6. The predicted molar refractivity (Wildman–Crippen MR) is 173 cm³/mol. The first kappa shape index (κ1) is 29.0. The molecule has 0 saturated carbocycles. The minimum Gasteiger partial charge on any atom is -0.348 e. The minimum atomic E-state index is -0.397. The van der Waals surface area contributed by atoms with Gasteiger partial charge in [-0.15, -0.1) is 0 Å². The summed E-state index contributed by atoms with van der Waals surface area (Å²) in [7, 11) is 2.08. The third-order valence-corrected chi connectivity index (χ3v) is 10.2. The molecule has 2 N–H and O–H groups in total. The summed E-state index contributed by atoms with van der Waals surface area (Å²) in [6.07, 6.45) is 8.31. The van der Waals surface area contributed by atoms with Crippen LogP contribution in [0.1, 0.15) is 93.4 Å². The van der Waals surface area contributed by atoms with E-state index in [-0.39, 0.29) is 17.9 Å². The van der Waals surface area contributed by atoms with Gasteiger partial charge >= 0.3 is 0 Å². The SMILES string of the molecule is C[C@H]1NC(=O)C(C)(C)CCCCCCn2c(-c3nc4cc5c(cc4n3C)CCN(CC3CCCN3)C5=O)cc3ccc1nc32.